The molecule has 2 aliphatic rings. The summed E-state index contributed by atoms with van der Waals surface area (Å²) in [6.07, 6.45) is -2.40. The summed E-state index contributed by atoms with van der Waals surface area (Å²) in [6.45, 7) is 0.871. The van der Waals surface area contributed by atoms with Gasteiger partial charge < -0.3 is 19.7 Å². The van der Waals surface area contributed by atoms with Crippen LogP contribution in [-0.2, 0) is 23.8 Å². The van der Waals surface area contributed by atoms with E-state index in [4.69, 9.17) is 9.47 Å². The molecule has 1 aromatic heterocycles. The van der Waals surface area contributed by atoms with Crippen LogP contribution in [0.5, 0.6) is 11.5 Å². The van der Waals surface area contributed by atoms with Crippen LogP contribution in [0.3, 0.4) is 0 Å². The van der Waals surface area contributed by atoms with E-state index < -0.39 is 17.3 Å². The zero-order chi connectivity index (χ0) is 27.9. The molecule has 1 amide bonds. The number of aromatic nitrogens is 2. The predicted molar refractivity (Wildman–Crippen MR) is 140 cm³/mol. The number of amides is 1. The number of ether oxygens (including phenoxy) is 2. The molecule has 2 aromatic carbocycles. The molecule has 8 nitrogen and oxygen atoms in total. The number of benzene rings is 2. The molecule has 0 radical (unpaired) electrons. The molecule has 1 aliphatic carbocycles. The van der Waals surface area contributed by atoms with E-state index in [1.165, 1.54) is 26.4 Å². The van der Waals surface area contributed by atoms with Crippen molar-refractivity contribution in [3.63, 3.8) is 0 Å². The number of carbonyl (C=O) groups excluding carboxylic acids is 1. The molecule has 1 fully saturated rings. The molecule has 3 aromatic rings. The van der Waals surface area contributed by atoms with Crippen molar-refractivity contribution < 1.29 is 27.4 Å². The van der Waals surface area contributed by atoms with Gasteiger partial charge in [-0.15, -0.1) is 0 Å². The van der Waals surface area contributed by atoms with Gasteiger partial charge in [0.15, 0.2) is 0 Å². The minimum Gasteiger partial charge on any atom is -0.497 e. The first-order valence-corrected chi connectivity index (χ1v) is 12.7. The predicted octanol–water partition coefficient (Wildman–Crippen LogP) is 4.00. The van der Waals surface area contributed by atoms with Crippen molar-refractivity contribution in [2.45, 2.75) is 31.9 Å². The zero-order valence-electron chi connectivity index (χ0n) is 21.9. The van der Waals surface area contributed by atoms with Crippen LogP contribution in [0.2, 0.25) is 0 Å². The highest BCUT2D eigenvalue weighted by Crippen LogP contribution is 2.38. The van der Waals surface area contributed by atoms with Gasteiger partial charge in [-0.05, 0) is 61.6 Å². The molecule has 1 atom stereocenters. The summed E-state index contributed by atoms with van der Waals surface area (Å²) in [6, 6.07) is 8.84. The van der Waals surface area contributed by atoms with Crippen LogP contribution < -0.4 is 25.2 Å². The number of fused-ring (bicyclic) bond motifs is 1. The smallest absolute Gasteiger partial charge is 0.418 e. The van der Waals surface area contributed by atoms with Gasteiger partial charge >= 0.3 is 6.18 Å². The molecule has 206 valence electrons. The zero-order valence-corrected chi connectivity index (χ0v) is 21.9. The maximum Gasteiger partial charge on any atom is 0.418 e. The third-order valence-corrected chi connectivity index (χ3v) is 7.46. The highest BCUT2D eigenvalue weighted by atomic mass is 19.4. The van der Waals surface area contributed by atoms with E-state index in [2.05, 4.69) is 10.4 Å². The molecule has 39 heavy (non-hydrogen) atoms. The molecule has 0 spiro atoms. The number of hydrogen-bond acceptors (Lipinski definition) is 6. The largest absolute Gasteiger partial charge is 0.497 e. The van der Waals surface area contributed by atoms with Crippen molar-refractivity contribution in [2.24, 2.45) is 5.92 Å². The number of nitrogens with one attached hydrogen (secondary N) is 1. The van der Waals surface area contributed by atoms with Gasteiger partial charge in [0.2, 0.25) is 5.91 Å². The van der Waals surface area contributed by atoms with Gasteiger partial charge in [0.1, 0.15) is 11.5 Å². The molecular formula is C28H29F3N4O4. The summed E-state index contributed by atoms with van der Waals surface area (Å²) >= 11 is 0. The average molecular weight is 543 g/mol. The molecule has 5 rings (SSSR count). The fourth-order valence-corrected chi connectivity index (χ4v) is 5.46. The Morgan fingerprint density at radius 2 is 1.74 bits per heavy atom. The van der Waals surface area contributed by atoms with Crippen LogP contribution in [0, 0.1) is 5.92 Å². The third-order valence-electron chi connectivity index (χ3n) is 7.46. The Hall–Kier alpha value is -4.02. The minimum atomic E-state index is -4.72. The normalized spacial score (nSPS) is 16.8. The average Bonchev–Trinajstić information content (AvgIpc) is 3.63. The standard InChI is InChI=1S/C28H29F3N4O4/c1-32-26(36)16-9-10-34(15-16)18-7-8-23(28(29,30)31)24(13-18)35-27(37)22-6-4-5-21(22)25(33-35)17-11-19(38-2)14-20(12-17)39-3/h7-8,11-14,16H,4-6,9-10,15H2,1-3H3,(H,32,36)/t16-/m1/s1. The Kier molecular flexibility index (Phi) is 7.00. The van der Waals surface area contributed by atoms with E-state index in [9.17, 15) is 22.8 Å². The van der Waals surface area contributed by atoms with Crippen LogP contribution in [0.1, 0.15) is 29.5 Å². The van der Waals surface area contributed by atoms with E-state index in [0.717, 1.165) is 16.3 Å². The maximum absolute atomic E-state index is 14.2. The number of anilines is 1. The lowest BCUT2D eigenvalue weighted by molar-refractivity contribution is -0.137. The van der Waals surface area contributed by atoms with Gasteiger partial charge in [0, 0.05) is 43.0 Å². The lowest BCUT2D eigenvalue weighted by atomic mass is 10.0. The fourth-order valence-electron chi connectivity index (χ4n) is 5.46. The van der Waals surface area contributed by atoms with Gasteiger partial charge in [-0.25, -0.2) is 0 Å². The first kappa shape index (κ1) is 26.6. The van der Waals surface area contributed by atoms with Crippen LogP contribution >= 0.6 is 0 Å². The molecule has 11 heteroatoms. The van der Waals surface area contributed by atoms with Crippen LogP contribution in [0.15, 0.2) is 41.2 Å². The summed E-state index contributed by atoms with van der Waals surface area (Å²) in [5.74, 6) is 0.609. The number of nitrogens with zero attached hydrogens (tertiary/aromatic N) is 3. The summed E-state index contributed by atoms with van der Waals surface area (Å²) in [7, 11) is 4.57. The lowest BCUT2D eigenvalue weighted by Crippen LogP contribution is -2.30. The highest BCUT2D eigenvalue weighted by Gasteiger charge is 2.37. The lowest BCUT2D eigenvalue weighted by Gasteiger charge is -2.22. The molecule has 0 unspecified atom stereocenters. The van der Waals surface area contributed by atoms with Gasteiger partial charge in [-0.2, -0.15) is 23.0 Å². The molecule has 2 heterocycles. The number of alkyl halides is 3. The van der Waals surface area contributed by atoms with E-state index in [1.54, 1.807) is 25.2 Å². The number of rotatable bonds is 6. The molecule has 0 saturated carbocycles. The second kappa shape index (κ2) is 10.3. The Labute approximate surface area is 223 Å². The summed E-state index contributed by atoms with van der Waals surface area (Å²) in [4.78, 5) is 27.6. The summed E-state index contributed by atoms with van der Waals surface area (Å²) in [5.41, 5.74) is 0.797. The second-order valence-electron chi connectivity index (χ2n) is 9.72. The first-order chi connectivity index (χ1) is 18.6. The Morgan fingerprint density at radius 1 is 1.05 bits per heavy atom. The Balaban J connectivity index is 1.69. The van der Waals surface area contributed by atoms with Crippen molar-refractivity contribution in [1.29, 1.82) is 0 Å². The number of methoxy groups -OCH3 is 2. The van der Waals surface area contributed by atoms with E-state index >= 15 is 0 Å². The monoisotopic (exact) mass is 542 g/mol. The molecule has 1 saturated heterocycles. The van der Waals surface area contributed by atoms with E-state index in [-0.39, 0.29) is 17.5 Å². The first-order valence-electron chi connectivity index (χ1n) is 12.7. The summed E-state index contributed by atoms with van der Waals surface area (Å²) < 4.78 is 54.4. The minimum absolute atomic E-state index is 0.112. The van der Waals surface area contributed by atoms with E-state index in [1.807, 2.05) is 4.90 Å². The van der Waals surface area contributed by atoms with Crippen molar-refractivity contribution in [1.82, 2.24) is 15.1 Å². The van der Waals surface area contributed by atoms with Crippen molar-refractivity contribution in [3.05, 3.63) is 63.4 Å². The quantitative estimate of drug-likeness (QED) is 0.507. The van der Waals surface area contributed by atoms with Crippen LogP contribution in [-0.4, -0.2) is 50.0 Å². The molecule has 0 bridgehead atoms. The number of halogens is 3. The van der Waals surface area contributed by atoms with Gasteiger partial charge in [-0.3, -0.25) is 9.59 Å². The molecule has 1 aliphatic heterocycles. The van der Waals surface area contributed by atoms with Crippen molar-refractivity contribution in [2.75, 3.05) is 39.3 Å². The van der Waals surface area contributed by atoms with Gasteiger partial charge in [-0.1, -0.05) is 0 Å². The fraction of sp³-hybridized carbons (Fsp3) is 0.393. The Morgan fingerprint density at radius 3 is 2.38 bits per heavy atom. The second-order valence-corrected chi connectivity index (χ2v) is 9.72. The number of hydrogen-bond donors (Lipinski definition) is 1. The molecular weight excluding hydrogens is 513 g/mol. The SMILES string of the molecule is CNC(=O)[C@@H]1CCN(c2ccc(C(F)(F)F)c(-n3nc(-c4cc(OC)cc(OC)c4)c4c(c3=O)CCC4)c2)C1. The van der Waals surface area contributed by atoms with Crippen LogP contribution in [0.25, 0.3) is 16.9 Å². The maximum atomic E-state index is 14.2. The number of carbonyl (C=O) groups is 1. The Bertz CT molecular complexity index is 1460. The summed E-state index contributed by atoms with van der Waals surface area (Å²) in [5, 5.41) is 7.17. The molecule has 1 N–H and O–H groups in total. The third kappa shape index (κ3) is 4.93. The van der Waals surface area contributed by atoms with Gasteiger partial charge in [0.05, 0.1) is 37.1 Å². The topological polar surface area (TPSA) is 85.7 Å². The van der Waals surface area contributed by atoms with Crippen LogP contribution in [0.4, 0.5) is 18.9 Å². The van der Waals surface area contributed by atoms with Gasteiger partial charge in [0.25, 0.3) is 5.56 Å². The van der Waals surface area contributed by atoms with E-state index in [0.29, 0.717) is 72.8 Å². The highest BCUT2D eigenvalue weighted by molar-refractivity contribution is 5.80. The van der Waals surface area contributed by atoms with Crippen molar-refractivity contribution in [3.8, 4) is 28.4 Å². The van der Waals surface area contributed by atoms with Crippen molar-refractivity contribution >= 4 is 11.6 Å².